The maximum atomic E-state index is 14.6. The number of Topliss-reactive ketones (excluding diaryl/α,β-unsaturated/α-hetero) is 1. The lowest BCUT2D eigenvalue weighted by atomic mass is 9.85. The van der Waals surface area contributed by atoms with Gasteiger partial charge in [0, 0.05) is 24.7 Å². The number of ether oxygens (including phenoxy) is 1. The predicted molar refractivity (Wildman–Crippen MR) is 118 cm³/mol. The Kier molecular flexibility index (Phi) is 8.18. The van der Waals surface area contributed by atoms with Crippen LogP contribution in [0.15, 0.2) is 24.3 Å². The SMILES string of the molecule is CCN(CC)C(=O)C1CC(C(=O)O)(C(=O)CNC(=O)OC(C)(C)C)NC1c1ccccc1F. The van der Waals surface area contributed by atoms with Crippen LogP contribution in [0.5, 0.6) is 0 Å². The number of hydrogen-bond donors (Lipinski definition) is 3. The first kappa shape index (κ1) is 26.2. The van der Waals surface area contributed by atoms with E-state index in [2.05, 4.69) is 10.6 Å². The number of nitrogens with zero attached hydrogens (tertiary/aromatic N) is 1. The average Bonchev–Trinajstić information content (AvgIpc) is 3.14. The molecule has 1 aromatic rings. The number of ketones is 1. The van der Waals surface area contributed by atoms with E-state index in [1.807, 2.05) is 0 Å². The molecule has 0 saturated carbocycles. The van der Waals surface area contributed by atoms with Gasteiger partial charge < -0.3 is 20.1 Å². The van der Waals surface area contributed by atoms with Crippen molar-refractivity contribution in [1.29, 1.82) is 0 Å². The van der Waals surface area contributed by atoms with Gasteiger partial charge in [-0.2, -0.15) is 0 Å². The van der Waals surface area contributed by atoms with Crippen molar-refractivity contribution in [3.05, 3.63) is 35.6 Å². The zero-order valence-corrected chi connectivity index (χ0v) is 19.6. The molecule has 0 aromatic heterocycles. The lowest BCUT2D eigenvalue weighted by Gasteiger charge is -2.26. The van der Waals surface area contributed by atoms with E-state index in [9.17, 15) is 28.7 Å². The van der Waals surface area contributed by atoms with Gasteiger partial charge in [0.2, 0.25) is 5.91 Å². The van der Waals surface area contributed by atoms with Gasteiger partial charge in [0.1, 0.15) is 11.4 Å². The van der Waals surface area contributed by atoms with E-state index in [1.165, 1.54) is 23.1 Å². The summed E-state index contributed by atoms with van der Waals surface area (Å²) in [5.74, 6) is -4.36. The van der Waals surface area contributed by atoms with Crippen molar-refractivity contribution in [1.82, 2.24) is 15.5 Å². The Labute approximate surface area is 192 Å². The van der Waals surface area contributed by atoms with Crippen molar-refractivity contribution in [2.75, 3.05) is 19.6 Å². The molecule has 1 aliphatic rings. The molecule has 3 atom stereocenters. The minimum absolute atomic E-state index is 0.0963. The summed E-state index contributed by atoms with van der Waals surface area (Å²) in [5, 5.41) is 15.0. The van der Waals surface area contributed by atoms with Crippen LogP contribution in [0.1, 0.15) is 52.6 Å². The van der Waals surface area contributed by atoms with Gasteiger partial charge >= 0.3 is 12.1 Å². The summed E-state index contributed by atoms with van der Waals surface area (Å²) in [7, 11) is 0. The molecule has 33 heavy (non-hydrogen) atoms. The standard InChI is InChI=1S/C23H32FN3O6/c1-6-27(7-2)19(29)15-12-23(20(30)31,17(28)13-25-21(32)33-22(3,4)5)26-18(15)14-10-8-9-11-16(14)24/h8-11,15,18,26H,6-7,12-13H2,1-5H3,(H,25,32)(H,30,31). The number of carbonyl (C=O) groups excluding carboxylic acids is 3. The Morgan fingerprint density at radius 2 is 1.82 bits per heavy atom. The number of hydrogen-bond acceptors (Lipinski definition) is 6. The predicted octanol–water partition coefficient (Wildman–Crippen LogP) is 2.26. The van der Waals surface area contributed by atoms with E-state index >= 15 is 0 Å². The molecule has 1 aliphatic heterocycles. The molecule has 1 heterocycles. The van der Waals surface area contributed by atoms with Crippen molar-refractivity contribution in [2.24, 2.45) is 5.92 Å². The number of rotatable bonds is 8. The average molecular weight is 466 g/mol. The van der Waals surface area contributed by atoms with Crippen LogP contribution in [-0.4, -0.2) is 64.5 Å². The summed E-state index contributed by atoms with van der Waals surface area (Å²) < 4.78 is 19.7. The first-order valence-electron chi connectivity index (χ1n) is 10.9. The van der Waals surface area contributed by atoms with E-state index < -0.39 is 53.3 Å². The highest BCUT2D eigenvalue weighted by Crippen LogP contribution is 2.41. The van der Waals surface area contributed by atoms with Crippen LogP contribution in [0, 0.1) is 11.7 Å². The number of alkyl carbamates (subject to hydrolysis) is 1. The van der Waals surface area contributed by atoms with Crippen molar-refractivity contribution < 1.29 is 33.4 Å². The Hall–Kier alpha value is -3.01. The third kappa shape index (κ3) is 5.87. The highest BCUT2D eigenvalue weighted by molar-refractivity contribution is 6.10. The maximum absolute atomic E-state index is 14.6. The van der Waals surface area contributed by atoms with Gasteiger partial charge in [0.25, 0.3) is 0 Å². The van der Waals surface area contributed by atoms with E-state index in [0.29, 0.717) is 13.1 Å². The molecule has 1 saturated heterocycles. The van der Waals surface area contributed by atoms with Gasteiger partial charge in [-0.05, 0) is 47.1 Å². The normalized spacial score (nSPS) is 22.5. The monoisotopic (exact) mass is 465 g/mol. The Bertz CT molecular complexity index is 912. The summed E-state index contributed by atoms with van der Waals surface area (Å²) in [4.78, 5) is 52.1. The molecule has 1 aromatic carbocycles. The molecule has 3 N–H and O–H groups in total. The lowest BCUT2D eigenvalue weighted by molar-refractivity contribution is -0.149. The van der Waals surface area contributed by atoms with Crippen LogP contribution in [0.25, 0.3) is 0 Å². The van der Waals surface area contributed by atoms with Crippen LogP contribution in [0.3, 0.4) is 0 Å². The number of carboxylic acids is 1. The molecule has 10 heteroatoms. The molecule has 3 unspecified atom stereocenters. The maximum Gasteiger partial charge on any atom is 0.408 e. The summed E-state index contributed by atoms with van der Waals surface area (Å²) >= 11 is 0. The van der Waals surface area contributed by atoms with E-state index in [0.717, 1.165) is 0 Å². The number of benzene rings is 1. The van der Waals surface area contributed by atoms with Crippen LogP contribution in [0.4, 0.5) is 9.18 Å². The summed E-state index contributed by atoms with van der Waals surface area (Å²) in [6.07, 6.45) is -1.26. The van der Waals surface area contributed by atoms with Gasteiger partial charge in [0.05, 0.1) is 12.5 Å². The number of nitrogens with one attached hydrogen (secondary N) is 2. The Balaban J connectivity index is 2.39. The largest absolute Gasteiger partial charge is 0.480 e. The van der Waals surface area contributed by atoms with Crippen LogP contribution in [-0.2, 0) is 19.1 Å². The van der Waals surface area contributed by atoms with E-state index in [1.54, 1.807) is 40.7 Å². The smallest absolute Gasteiger partial charge is 0.408 e. The van der Waals surface area contributed by atoms with Crippen molar-refractivity contribution in [2.45, 2.75) is 58.2 Å². The minimum Gasteiger partial charge on any atom is -0.480 e. The molecule has 2 amide bonds. The molecule has 0 spiro atoms. The van der Waals surface area contributed by atoms with Gasteiger partial charge in [-0.1, -0.05) is 18.2 Å². The van der Waals surface area contributed by atoms with Crippen molar-refractivity contribution in [3.63, 3.8) is 0 Å². The fourth-order valence-corrected chi connectivity index (χ4v) is 3.97. The van der Waals surface area contributed by atoms with Gasteiger partial charge in [-0.15, -0.1) is 0 Å². The Morgan fingerprint density at radius 1 is 1.21 bits per heavy atom. The molecule has 182 valence electrons. The second-order valence-corrected chi connectivity index (χ2v) is 8.95. The van der Waals surface area contributed by atoms with Crippen LogP contribution in [0.2, 0.25) is 0 Å². The fraction of sp³-hybridized carbons (Fsp3) is 0.565. The van der Waals surface area contributed by atoms with Crippen LogP contribution < -0.4 is 10.6 Å². The molecule has 0 radical (unpaired) electrons. The zero-order valence-electron chi connectivity index (χ0n) is 19.6. The fourth-order valence-electron chi connectivity index (χ4n) is 3.97. The minimum atomic E-state index is -2.19. The molecule has 0 aliphatic carbocycles. The molecule has 0 bridgehead atoms. The first-order chi connectivity index (χ1) is 15.4. The topological polar surface area (TPSA) is 125 Å². The first-order valence-corrected chi connectivity index (χ1v) is 10.9. The van der Waals surface area contributed by atoms with E-state index in [4.69, 9.17) is 4.74 Å². The molecule has 2 rings (SSSR count). The number of amides is 2. The quantitative estimate of drug-likeness (QED) is 0.503. The molecular weight excluding hydrogens is 433 g/mol. The highest BCUT2D eigenvalue weighted by atomic mass is 19.1. The van der Waals surface area contributed by atoms with Gasteiger partial charge in [-0.3, -0.25) is 14.9 Å². The number of carboxylic acid groups (broad SMARTS) is 1. The summed E-state index contributed by atoms with van der Waals surface area (Å²) in [6.45, 7) is 8.62. The lowest BCUT2D eigenvalue weighted by Crippen LogP contribution is -2.58. The molecular formula is C23H32FN3O6. The van der Waals surface area contributed by atoms with Crippen LogP contribution >= 0.6 is 0 Å². The number of halogens is 1. The van der Waals surface area contributed by atoms with E-state index in [-0.39, 0.29) is 17.9 Å². The number of aliphatic carboxylic acids is 1. The Morgan fingerprint density at radius 3 is 2.33 bits per heavy atom. The summed E-state index contributed by atoms with van der Waals surface area (Å²) in [5.41, 5.74) is -2.89. The summed E-state index contributed by atoms with van der Waals surface area (Å²) in [6, 6.07) is 4.68. The molecule has 1 fully saturated rings. The zero-order chi connectivity index (χ0) is 25.0. The second kappa shape index (κ2) is 10.3. The second-order valence-electron chi connectivity index (χ2n) is 8.95. The van der Waals surface area contributed by atoms with Crippen molar-refractivity contribution >= 4 is 23.8 Å². The molecule has 9 nitrogen and oxygen atoms in total. The number of carbonyl (C=O) groups is 4. The van der Waals surface area contributed by atoms with Gasteiger partial charge in [0.15, 0.2) is 11.3 Å². The van der Waals surface area contributed by atoms with Crippen molar-refractivity contribution in [3.8, 4) is 0 Å². The third-order valence-electron chi connectivity index (χ3n) is 5.60. The van der Waals surface area contributed by atoms with Gasteiger partial charge in [-0.25, -0.2) is 14.0 Å². The highest BCUT2D eigenvalue weighted by Gasteiger charge is 2.58. The third-order valence-corrected chi connectivity index (χ3v) is 5.60.